The Balaban J connectivity index is 0.936. The molecule has 2 aliphatic rings. The zero-order valence-electron chi connectivity index (χ0n) is 31.8. The van der Waals surface area contributed by atoms with Crippen molar-refractivity contribution in [1.29, 1.82) is 0 Å². The van der Waals surface area contributed by atoms with Crippen molar-refractivity contribution in [2.75, 3.05) is 50.0 Å². The first-order valence-electron chi connectivity index (χ1n) is 18.9. The molecule has 0 spiro atoms. The highest BCUT2D eigenvalue weighted by Gasteiger charge is 2.23. The number of benzene rings is 2. The van der Waals surface area contributed by atoms with Gasteiger partial charge in [0.2, 0.25) is 5.91 Å². The van der Waals surface area contributed by atoms with Crippen molar-refractivity contribution in [1.82, 2.24) is 30.6 Å². The number of nitrogen functional groups attached to an aromatic ring is 1. The molecule has 4 heterocycles. The highest BCUT2D eigenvalue weighted by Crippen LogP contribution is 2.24. The van der Waals surface area contributed by atoms with Crippen LogP contribution >= 0.6 is 0 Å². The number of hydrogen-bond acceptors (Lipinski definition) is 12. The van der Waals surface area contributed by atoms with Crippen molar-refractivity contribution in [3.05, 3.63) is 113 Å². The van der Waals surface area contributed by atoms with Crippen molar-refractivity contribution in [3.63, 3.8) is 0 Å². The SMILES string of the molecule is C/C(=N/NC(=O)CCCCCN1C(=O)C=CC1=O)c1ccc(C(=O)NCCc2ccc(-c3cnc(N)c(C(=O)Cc4cnccc4N4CCOCC4)n3)cc2)cc1. The summed E-state index contributed by atoms with van der Waals surface area (Å²) in [6.45, 7) is 5.25. The van der Waals surface area contributed by atoms with E-state index in [1.54, 1.807) is 49.8 Å². The van der Waals surface area contributed by atoms with E-state index in [2.05, 4.69) is 35.7 Å². The molecule has 0 unspecified atom stereocenters. The normalized spacial score (nSPS) is 14.2. The number of hydrogen-bond donors (Lipinski definition) is 3. The molecule has 294 valence electrons. The van der Waals surface area contributed by atoms with Crippen LogP contribution in [0.2, 0.25) is 0 Å². The lowest BCUT2D eigenvalue weighted by molar-refractivity contribution is -0.137. The van der Waals surface area contributed by atoms with E-state index in [4.69, 9.17) is 10.5 Å². The Labute approximate surface area is 330 Å². The molecule has 4 aromatic rings. The number of unbranched alkanes of at least 4 members (excludes halogenated alkanes) is 2. The maximum absolute atomic E-state index is 13.4. The van der Waals surface area contributed by atoms with E-state index >= 15 is 0 Å². The van der Waals surface area contributed by atoms with Gasteiger partial charge in [-0.1, -0.05) is 42.8 Å². The first-order valence-corrected chi connectivity index (χ1v) is 18.9. The van der Waals surface area contributed by atoms with Crippen LogP contribution in [0.15, 0.2) is 90.4 Å². The van der Waals surface area contributed by atoms with Crippen LogP contribution in [0.1, 0.15) is 70.1 Å². The summed E-state index contributed by atoms with van der Waals surface area (Å²) in [6, 6.07) is 16.6. The van der Waals surface area contributed by atoms with Crippen LogP contribution < -0.4 is 21.4 Å². The molecule has 0 radical (unpaired) electrons. The monoisotopic (exact) mass is 771 g/mol. The number of imide groups is 1. The van der Waals surface area contributed by atoms with Crippen molar-refractivity contribution in [3.8, 4) is 11.3 Å². The summed E-state index contributed by atoms with van der Waals surface area (Å²) in [7, 11) is 0. The molecule has 0 bridgehead atoms. The number of hydrazone groups is 1. The number of rotatable bonds is 17. The second-order valence-corrected chi connectivity index (χ2v) is 13.7. The average molecular weight is 772 g/mol. The molecule has 0 aliphatic carbocycles. The Morgan fingerprint density at radius 1 is 0.895 bits per heavy atom. The summed E-state index contributed by atoms with van der Waals surface area (Å²) in [5, 5.41) is 7.13. The fourth-order valence-corrected chi connectivity index (χ4v) is 6.45. The topological polar surface area (TPSA) is 202 Å². The number of ether oxygens (including phenoxy) is 1. The molecule has 6 rings (SSSR count). The molecule has 57 heavy (non-hydrogen) atoms. The van der Waals surface area contributed by atoms with Gasteiger partial charge in [-0.2, -0.15) is 5.10 Å². The maximum Gasteiger partial charge on any atom is 0.253 e. The smallest absolute Gasteiger partial charge is 0.253 e. The number of carbonyl (C=O) groups is 5. The van der Waals surface area contributed by atoms with E-state index in [0.717, 1.165) is 41.0 Å². The third-order valence-corrected chi connectivity index (χ3v) is 9.69. The van der Waals surface area contributed by atoms with Crippen LogP contribution in [-0.2, 0) is 32.0 Å². The Hall–Kier alpha value is -6.61. The average Bonchev–Trinajstić information content (AvgIpc) is 3.56. The van der Waals surface area contributed by atoms with Gasteiger partial charge < -0.3 is 20.7 Å². The number of nitrogens with two attached hydrogens (primary N) is 1. The van der Waals surface area contributed by atoms with E-state index < -0.39 is 0 Å². The zero-order chi connectivity index (χ0) is 40.1. The number of anilines is 2. The summed E-state index contributed by atoms with van der Waals surface area (Å²) >= 11 is 0. The Morgan fingerprint density at radius 2 is 1.61 bits per heavy atom. The van der Waals surface area contributed by atoms with E-state index in [9.17, 15) is 24.0 Å². The largest absolute Gasteiger partial charge is 0.382 e. The van der Waals surface area contributed by atoms with E-state index in [-0.39, 0.29) is 53.8 Å². The van der Waals surface area contributed by atoms with Gasteiger partial charge in [-0.25, -0.2) is 15.4 Å². The fourth-order valence-electron chi connectivity index (χ4n) is 6.45. The van der Waals surface area contributed by atoms with Crippen LogP contribution in [0.4, 0.5) is 11.5 Å². The van der Waals surface area contributed by atoms with Crippen LogP contribution in [0.25, 0.3) is 11.3 Å². The van der Waals surface area contributed by atoms with Gasteiger partial charge >= 0.3 is 0 Å². The quantitative estimate of drug-likeness (QED) is 0.0465. The highest BCUT2D eigenvalue weighted by atomic mass is 16.5. The van der Waals surface area contributed by atoms with Gasteiger partial charge in [0.25, 0.3) is 17.7 Å². The van der Waals surface area contributed by atoms with Gasteiger partial charge in [0.15, 0.2) is 11.6 Å². The van der Waals surface area contributed by atoms with Crippen LogP contribution in [-0.4, -0.2) is 94.4 Å². The van der Waals surface area contributed by atoms with Gasteiger partial charge in [-0.05, 0) is 55.5 Å². The third-order valence-electron chi connectivity index (χ3n) is 9.69. The Bertz CT molecular complexity index is 2150. The number of ketones is 1. The highest BCUT2D eigenvalue weighted by molar-refractivity contribution is 6.12. The molecule has 1 fully saturated rings. The number of pyridine rings is 1. The summed E-state index contributed by atoms with van der Waals surface area (Å²) in [5.41, 5.74) is 14.7. The van der Waals surface area contributed by atoms with E-state index in [0.29, 0.717) is 69.0 Å². The minimum Gasteiger partial charge on any atom is -0.382 e. The molecule has 4 amide bonds. The van der Waals surface area contributed by atoms with Gasteiger partial charge in [0, 0.05) is 85.9 Å². The first-order chi connectivity index (χ1) is 27.7. The second kappa shape index (κ2) is 19.3. The molecular formula is C42H45N9O6. The summed E-state index contributed by atoms with van der Waals surface area (Å²) < 4.78 is 5.48. The fraction of sp³-hybridized carbons (Fsp3) is 0.310. The lowest BCUT2D eigenvalue weighted by Crippen LogP contribution is -2.37. The minimum absolute atomic E-state index is 0.0715. The number of aromatic nitrogens is 3. The molecule has 0 atom stereocenters. The predicted molar refractivity (Wildman–Crippen MR) is 214 cm³/mol. The third kappa shape index (κ3) is 10.8. The number of amides is 4. The summed E-state index contributed by atoms with van der Waals surface area (Å²) in [4.78, 5) is 78.2. The minimum atomic E-state index is -0.300. The first kappa shape index (κ1) is 40.1. The molecule has 2 aromatic carbocycles. The number of morpholine rings is 1. The van der Waals surface area contributed by atoms with Crippen molar-refractivity contribution < 1.29 is 28.7 Å². The lowest BCUT2D eigenvalue weighted by Gasteiger charge is -2.30. The molecule has 4 N–H and O–H groups in total. The van der Waals surface area contributed by atoms with Gasteiger partial charge in [-0.15, -0.1) is 0 Å². The van der Waals surface area contributed by atoms with Crippen molar-refractivity contribution >= 4 is 46.6 Å². The molecule has 0 saturated carbocycles. The van der Waals surface area contributed by atoms with Crippen LogP contribution in [0, 0.1) is 0 Å². The summed E-state index contributed by atoms with van der Waals surface area (Å²) in [6.07, 6.45) is 10.4. The van der Waals surface area contributed by atoms with Gasteiger partial charge in [-0.3, -0.25) is 33.9 Å². The molecule has 15 nitrogen and oxygen atoms in total. The van der Waals surface area contributed by atoms with Crippen LogP contribution in [0.3, 0.4) is 0 Å². The molecule has 2 aromatic heterocycles. The number of carbonyl (C=O) groups excluding carboxylic acids is 5. The maximum atomic E-state index is 13.4. The number of nitrogens with zero attached hydrogens (tertiary/aromatic N) is 6. The number of nitrogens with one attached hydrogen (secondary N) is 2. The van der Waals surface area contributed by atoms with Crippen molar-refractivity contribution in [2.24, 2.45) is 5.10 Å². The Kier molecular flexibility index (Phi) is 13.6. The molecule has 15 heteroatoms. The predicted octanol–water partition coefficient (Wildman–Crippen LogP) is 3.68. The number of Topliss-reactive ketones (excluding diaryl/α,β-unsaturated/α-hetero) is 1. The molecule has 2 aliphatic heterocycles. The summed E-state index contributed by atoms with van der Waals surface area (Å²) in [5.74, 6) is -1.22. The molecular weight excluding hydrogens is 727 g/mol. The Morgan fingerprint density at radius 3 is 2.35 bits per heavy atom. The van der Waals surface area contributed by atoms with Crippen molar-refractivity contribution in [2.45, 2.75) is 45.4 Å². The van der Waals surface area contributed by atoms with Crippen LogP contribution in [0.5, 0.6) is 0 Å². The standard InChI is InChI=1S/C42H45N9O6/c1-28(48-49-37(53)5-3-2-4-20-51-38(54)14-15-39(51)55)30-10-12-32(13-11-30)42(56)45-19-16-29-6-8-31(9-7-29)34-27-46-41(43)40(47-34)36(52)25-33-26-44-18-17-35(33)50-21-23-57-24-22-50/h6-15,17-18,26-27H,2-5,16,19-25H2,1H3,(H2,43,46)(H,45,56)(H,49,53)/b48-28-. The van der Waals surface area contributed by atoms with Gasteiger partial charge in [0.05, 0.1) is 30.8 Å². The second-order valence-electron chi connectivity index (χ2n) is 13.7. The van der Waals surface area contributed by atoms with E-state index in [1.165, 1.54) is 17.1 Å². The lowest BCUT2D eigenvalue weighted by atomic mass is 10.0. The van der Waals surface area contributed by atoms with E-state index in [1.807, 2.05) is 30.3 Å². The molecule has 1 saturated heterocycles. The zero-order valence-corrected chi connectivity index (χ0v) is 31.8. The van der Waals surface area contributed by atoms with Gasteiger partial charge in [0.1, 0.15) is 5.69 Å².